The van der Waals surface area contributed by atoms with Gasteiger partial charge < -0.3 is 15.5 Å². The van der Waals surface area contributed by atoms with E-state index in [-0.39, 0.29) is 29.7 Å². The van der Waals surface area contributed by atoms with Crippen molar-refractivity contribution >= 4 is 39.8 Å². The van der Waals surface area contributed by atoms with Crippen LogP contribution in [0.4, 0.5) is 0 Å². The third kappa shape index (κ3) is 8.22. The zero-order valence-electron chi connectivity index (χ0n) is 15.5. The van der Waals surface area contributed by atoms with Crippen LogP contribution in [0.25, 0.3) is 0 Å². The lowest BCUT2D eigenvalue weighted by Crippen LogP contribution is -2.43. The number of guanidine groups is 1. The second kappa shape index (κ2) is 12.5. The molecular weight excluding hydrogens is 463 g/mol. The average Bonchev–Trinajstić information content (AvgIpc) is 2.65. The Morgan fingerprint density at radius 3 is 2.38 bits per heavy atom. The monoisotopic (exact) mass is 494 g/mol. The lowest BCUT2D eigenvalue weighted by Gasteiger charge is -2.26. The van der Waals surface area contributed by atoms with Gasteiger partial charge in [-0.2, -0.15) is 0 Å². The summed E-state index contributed by atoms with van der Waals surface area (Å²) < 4.78 is 24.4. The largest absolute Gasteiger partial charge is 0.356 e. The minimum Gasteiger partial charge on any atom is -0.356 e. The highest BCUT2D eigenvalue weighted by molar-refractivity contribution is 14.0. The summed E-state index contributed by atoms with van der Waals surface area (Å²) in [6.45, 7) is 4.82. The van der Waals surface area contributed by atoms with Gasteiger partial charge in [0.2, 0.25) is 0 Å². The molecular formula is C18H31IN4O2S. The summed E-state index contributed by atoms with van der Waals surface area (Å²) >= 11 is 0. The minimum absolute atomic E-state index is 0. The molecule has 0 aromatic heterocycles. The number of hydrogen-bond donors (Lipinski definition) is 2. The fourth-order valence-electron chi connectivity index (χ4n) is 2.95. The molecule has 0 amide bonds. The zero-order chi connectivity index (χ0) is 18.0. The van der Waals surface area contributed by atoms with Crippen molar-refractivity contribution in [1.82, 2.24) is 15.5 Å². The lowest BCUT2D eigenvalue weighted by atomic mass is 10.1. The highest BCUT2D eigenvalue weighted by Gasteiger charge is 2.13. The highest BCUT2D eigenvalue weighted by Crippen LogP contribution is 2.10. The van der Waals surface area contributed by atoms with Crippen molar-refractivity contribution in [2.75, 3.05) is 45.5 Å². The topological polar surface area (TPSA) is 73.8 Å². The zero-order valence-corrected chi connectivity index (χ0v) is 18.6. The summed E-state index contributed by atoms with van der Waals surface area (Å²) in [7, 11) is -1.47. The van der Waals surface area contributed by atoms with E-state index >= 15 is 0 Å². The van der Waals surface area contributed by atoms with Crippen LogP contribution in [0.3, 0.4) is 0 Å². The van der Waals surface area contributed by atoms with Gasteiger partial charge in [0.05, 0.1) is 10.6 Å². The van der Waals surface area contributed by atoms with Gasteiger partial charge >= 0.3 is 0 Å². The van der Waals surface area contributed by atoms with Gasteiger partial charge in [-0.1, -0.05) is 24.6 Å². The minimum atomic E-state index is -3.20. The Labute approximate surface area is 174 Å². The van der Waals surface area contributed by atoms with Crippen molar-refractivity contribution < 1.29 is 8.42 Å². The van der Waals surface area contributed by atoms with Gasteiger partial charge in [-0.25, -0.2) is 8.42 Å². The molecule has 2 N–H and O–H groups in total. The number of aliphatic imine (C=N–C) groups is 1. The van der Waals surface area contributed by atoms with Gasteiger partial charge in [0.1, 0.15) is 0 Å². The van der Waals surface area contributed by atoms with Crippen LogP contribution in [0.2, 0.25) is 0 Å². The number of likely N-dealkylation sites (tertiary alicyclic amines) is 1. The van der Waals surface area contributed by atoms with Gasteiger partial charge in [0.15, 0.2) is 15.8 Å². The Morgan fingerprint density at radius 2 is 1.73 bits per heavy atom. The molecule has 0 atom stereocenters. The molecule has 8 heteroatoms. The highest BCUT2D eigenvalue weighted by atomic mass is 127. The number of hydrogen-bond acceptors (Lipinski definition) is 4. The van der Waals surface area contributed by atoms with E-state index in [1.807, 2.05) is 6.07 Å². The van der Waals surface area contributed by atoms with Crippen LogP contribution < -0.4 is 10.6 Å². The lowest BCUT2D eigenvalue weighted by molar-refractivity contribution is 0.232. The van der Waals surface area contributed by atoms with Crippen LogP contribution in [-0.2, 0) is 9.84 Å². The number of sulfone groups is 1. The first kappa shape index (κ1) is 23.2. The predicted octanol–water partition coefficient (Wildman–Crippen LogP) is 2.12. The Balaban J connectivity index is 0.00000338. The SMILES string of the molecule is CN=C(NCCCS(=O)(=O)c1ccccc1)NCCN1CCCCC1.I. The molecule has 1 aliphatic rings. The maximum Gasteiger partial charge on any atom is 0.191 e. The Morgan fingerprint density at radius 1 is 1.08 bits per heavy atom. The second-order valence-corrected chi connectivity index (χ2v) is 8.42. The maximum absolute atomic E-state index is 12.2. The fraction of sp³-hybridized carbons (Fsp3) is 0.611. The number of rotatable bonds is 8. The molecule has 1 heterocycles. The van der Waals surface area contributed by atoms with Crippen molar-refractivity contribution in [3.63, 3.8) is 0 Å². The van der Waals surface area contributed by atoms with Crippen LogP contribution in [0.15, 0.2) is 40.2 Å². The number of nitrogens with zero attached hydrogens (tertiary/aromatic N) is 2. The van der Waals surface area contributed by atoms with E-state index in [1.54, 1.807) is 31.3 Å². The van der Waals surface area contributed by atoms with E-state index in [0.29, 0.717) is 17.9 Å². The van der Waals surface area contributed by atoms with E-state index in [2.05, 4.69) is 20.5 Å². The van der Waals surface area contributed by atoms with Crippen LogP contribution in [0.5, 0.6) is 0 Å². The third-order valence-electron chi connectivity index (χ3n) is 4.38. The Kier molecular flexibility index (Phi) is 11.1. The van der Waals surface area contributed by atoms with Gasteiger partial charge in [-0.3, -0.25) is 4.99 Å². The number of nitrogens with one attached hydrogen (secondary N) is 2. The molecule has 6 nitrogen and oxygen atoms in total. The molecule has 2 rings (SSSR count). The summed E-state index contributed by atoms with van der Waals surface area (Å²) in [5.74, 6) is 0.864. The van der Waals surface area contributed by atoms with E-state index in [9.17, 15) is 8.42 Å². The molecule has 1 aromatic rings. The standard InChI is InChI=1S/C18H30N4O2S.HI/c1-19-18(21-12-15-22-13-6-3-7-14-22)20-11-8-16-25(23,24)17-9-4-2-5-10-17;/h2,4-5,9-10H,3,6-8,11-16H2,1H3,(H2,19,20,21);1H. The summed E-state index contributed by atoms with van der Waals surface area (Å²) in [5.41, 5.74) is 0. The molecule has 26 heavy (non-hydrogen) atoms. The number of piperidine rings is 1. The Bertz CT molecular complexity index is 632. The molecule has 0 saturated carbocycles. The number of benzene rings is 1. The molecule has 1 fully saturated rings. The first-order valence-electron chi connectivity index (χ1n) is 9.06. The van der Waals surface area contributed by atoms with Crippen LogP contribution in [-0.4, -0.2) is 64.8 Å². The summed E-state index contributed by atoms with van der Waals surface area (Å²) in [4.78, 5) is 7.05. The van der Waals surface area contributed by atoms with Gasteiger partial charge in [0.25, 0.3) is 0 Å². The van der Waals surface area contributed by atoms with E-state index in [1.165, 1.54) is 32.4 Å². The average molecular weight is 494 g/mol. The van der Waals surface area contributed by atoms with Crippen molar-refractivity contribution in [3.8, 4) is 0 Å². The molecule has 0 unspecified atom stereocenters. The van der Waals surface area contributed by atoms with Crippen LogP contribution >= 0.6 is 24.0 Å². The molecule has 1 aliphatic heterocycles. The molecule has 0 bridgehead atoms. The molecule has 148 valence electrons. The summed E-state index contributed by atoms with van der Waals surface area (Å²) in [5, 5.41) is 6.48. The molecule has 1 aromatic carbocycles. The van der Waals surface area contributed by atoms with E-state index in [4.69, 9.17) is 0 Å². The number of halogens is 1. The molecule has 0 radical (unpaired) electrons. The van der Waals surface area contributed by atoms with Gasteiger partial charge in [-0.15, -0.1) is 24.0 Å². The van der Waals surface area contributed by atoms with Crippen molar-refractivity contribution in [3.05, 3.63) is 30.3 Å². The third-order valence-corrected chi connectivity index (χ3v) is 6.19. The fourth-order valence-corrected chi connectivity index (χ4v) is 4.28. The molecule has 0 aliphatic carbocycles. The van der Waals surface area contributed by atoms with E-state index in [0.717, 1.165) is 19.0 Å². The normalized spacial score (nSPS) is 16.0. The summed E-state index contributed by atoms with van der Waals surface area (Å²) in [6.07, 6.45) is 4.48. The quantitative estimate of drug-likeness (QED) is 0.251. The smallest absolute Gasteiger partial charge is 0.191 e. The summed E-state index contributed by atoms with van der Waals surface area (Å²) in [6, 6.07) is 8.60. The predicted molar refractivity (Wildman–Crippen MR) is 118 cm³/mol. The van der Waals surface area contributed by atoms with Gasteiger partial charge in [-0.05, 0) is 44.5 Å². The van der Waals surface area contributed by atoms with Crippen LogP contribution in [0, 0.1) is 0 Å². The molecule has 1 saturated heterocycles. The van der Waals surface area contributed by atoms with Crippen molar-refractivity contribution in [1.29, 1.82) is 0 Å². The van der Waals surface area contributed by atoms with E-state index < -0.39 is 9.84 Å². The molecule has 0 spiro atoms. The first-order chi connectivity index (χ1) is 12.1. The maximum atomic E-state index is 12.2. The van der Waals surface area contributed by atoms with Crippen LogP contribution in [0.1, 0.15) is 25.7 Å². The first-order valence-corrected chi connectivity index (χ1v) is 10.7. The second-order valence-electron chi connectivity index (χ2n) is 6.31. The van der Waals surface area contributed by atoms with Crippen molar-refractivity contribution in [2.24, 2.45) is 4.99 Å². The Hall–Kier alpha value is -0.870. The van der Waals surface area contributed by atoms with Gasteiger partial charge in [0, 0.05) is 26.7 Å². The van der Waals surface area contributed by atoms with Crippen molar-refractivity contribution in [2.45, 2.75) is 30.6 Å².